The molecule has 3 nitrogen and oxygen atoms in total. The molecule has 4 heteroatoms. The van der Waals surface area contributed by atoms with E-state index in [1.54, 1.807) is 0 Å². The highest BCUT2D eigenvalue weighted by atomic mass is 79.9. The average Bonchev–Trinajstić information content (AvgIpc) is 2.71. The van der Waals surface area contributed by atoms with E-state index in [9.17, 15) is 0 Å². The molecule has 102 valence electrons. The molecule has 0 aliphatic heterocycles. The fraction of sp³-hybridized carbons (Fsp3) is 0.400. The van der Waals surface area contributed by atoms with Crippen molar-refractivity contribution in [3.8, 4) is 0 Å². The highest BCUT2D eigenvalue weighted by Gasteiger charge is 2.08. The maximum absolute atomic E-state index is 4.49. The largest absolute Gasteiger partial charge is 0.310 e. The first-order valence-corrected chi connectivity index (χ1v) is 7.35. The van der Waals surface area contributed by atoms with Crippen molar-refractivity contribution in [3.05, 3.63) is 51.8 Å². The zero-order chi connectivity index (χ0) is 13.8. The summed E-state index contributed by atoms with van der Waals surface area (Å²) < 4.78 is 3.18. The summed E-state index contributed by atoms with van der Waals surface area (Å²) in [6.07, 6.45) is 1.96. The van der Waals surface area contributed by atoms with Gasteiger partial charge in [-0.15, -0.1) is 0 Å². The molecule has 19 heavy (non-hydrogen) atoms. The molecule has 2 aromatic rings. The second-order valence-corrected chi connectivity index (χ2v) is 5.89. The summed E-state index contributed by atoms with van der Waals surface area (Å²) in [6, 6.07) is 8.76. The van der Waals surface area contributed by atoms with Gasteiger partial charge in [-0.2, -0.15) is 5.10 Å². The fourth-order valence-electron chi connectivity index (χ4n) is 1.92. The molecular weight excluding hydrogens is 302 g/mol. The summed E-state index contributed by atoms with van der Waals surface area (Å²) in [5.74, 6) is 0. The van der Waals surface area contributed by atoms with Crippen LogP contribution in [0.5, 0.6) is 0 Å². The summed E-state index contributed by atoms with van der Waals surface area (Å²) in [5.41, 5.74) is 3.74. The Kier molecular flexibility index (Phi) is 4.77. The van der Waals surface area contributed by atoms with Gasteiger partial charge in [0, 0.05) is 28.3 Å². The van der Waals surface area contributed by atoms with Gasteiger partial charge >= 0.3 is 0 Å². The SMILES string of the molecule is Cc1c(CNC(C)C)cnn1Cc1ccccc1Br. The predicted octanol–water partition coefficient (Wildman–Crippen LogP) is 3.50. The Balaban J connectivity index is 2.12. The van der Waals surface area contributed by atoms with Crippen LogP contribution in [0.15, 0.2) is 34.9 Å². The van der Waals surface area contributed by atoms with Crippen LogP contribution in [-0.2, 0) is 13.1 Å². The van der Waals surface area contributed by atoms with Crippen LogP contribution >= 0.6 is 15.9 Å². The van der Waals surface area contributed by atoms with Gasteiger partial charge in [0.25, 0.3) is 0 Å². The maximum atomic E-state index is 4.49. The van der Waals surface area contributed by atoms with Crippen molar-refractivity contribution in [1.82, 2.24) is 15.1 Å². The molecule has 1 aromatic carbocycles. The molecule has 0 spiro atoms. The Morgan fingerprint density at radius 1 is 1.26 bits per heavy atom. The number of hydrogen-bond acceptors (Lipinski definition) is 2. The lowest BCUT2D eigenvalue weighted by molar-refractivity contribution is 0.585. The van der Waals surface area contributed by atoms with Crippen molar-refractivity contribution < 1.29 is 0 Å². The first-order chi connectivity index (χ1) is 9.08. The fourth-order valence-corrected chi connectivity index (χ4v) is 2.33. The van der Waals surface area contributed by atoms with Gasteiger partial charge in [-0.1, -0.05) is 48.0 Å². The van der Waals surface area contributed by atoms with Crippen LogP contribution in [0, 0.1) is 6.92 Å². The molecule has 0 unspecified atom stereocenters. The van der Waals surface area contributed by atoms with E-state index in [0.717, 1.165) is 17.6 Å². The van der Waals surface area contributed by atoms with E-state index in [4.69, 9.17) is 0 Å². The Labute approximate surface area is 123 Å². The third kappa shape index (κ3) is 3.67. The number of halogens is 1. The lowest BCUT2D eigenvalue weighted by Crippen LogP contribution is -2.22. The Morgan fingerprint density at radius 3 is 2.68 bits per heavy atom. The quantitative estimate of drug-likeness (QED) is 0.913. The lowest BCUT2D eigenvalue weighted by atomic mass is 10.2. The van der Waals surface area contributed by atoms with Crippen molar-refractivity contribution in [1.29, 1.82) is 0 Å². The van der Waals surface area contributed by atoms with Crippen LogP contribution in [0.4, 0.5) is 0 Å². The monoisotopic (exact) mass is 321 g/mol. The molecule has 0 atom stereocenters. The second-order valence-electron chi connectivity index (χ2n) is 5.04. The van der Waals surface area contributed by atoms with Crippen LogP contribution in [0.25, 0.3) is 0 Å². The topological polar surface area (TPSA) is 29.9 Å². The van der Waals surface area contributed by atoms with Crippen molar-refractivity contribution in [3.63, 3.8) is 0 Å². The maximum Gasteiger partial charge on any atom is 0.0673 e. The molecule has 2 rings (SSSR count). The molecule has 0 saturated carbocycles. The van der Waals surface area contributed by atoms with E-state index in [1.165, 1.54) is 16.8 Å². The molecule has 0 bridgehead atoms. The highest BCUT2D eigenvalue weighted by molar-refractivity contribution is 9.10. The minimum Gasteiger partial charge on any atom is -0.310 e. The van der Waals surface area contributed by atoms with Gasteiger partial charge in [-0.25, -0.2) is 0 Å². The third-order valence-corrected chi connectivity index (χ3v) is 3.96. The molecule has 0 amide bonds. The predicted molar refractivity (Wildman–Crippen MR) is 82.2 cm³/mol. The molecule has 1 heterocycles. The van der Waals surface area contributed by atoms with Gasteiger partial charge < -0.3 is 5.32 Å². The first kappa shape index (κ1) is 14.3. The van der Waals surface area contributed by atoms with E-state index < -0.39 is 0 Å². The molecule has 1 N–H and O–H groups in total. The van der Waals surface area contributed by atoms with Crippen LogP contribution in [0.2, 0.25) is 0 Å². The summed E-state index contributed by atoms with van der Waals surface area (Å²) in [7, 11) is 0. The summed E-state index contributed by atoms with van der Waals surface area (Å²) in [4.78, 5) is 0. The molecule has 0 aliphatic carbocycles. The minimum absolute atomic E-state index is 0.492. The molecule has 0 fully saturated rings. The summed E-state index contributed by atoms with van der Waals surface area (Å²) in [5, 5.41) is 7.91. The van der Waals surface area contributed by atoms with Gasteiger partial charge in [0.15, 0.2) is 0 Å². The van der Waals surface area contributed by atoms with E-state index in [-0.39, 0.29) is 0 Å². The zero-order valence-corrected chi connectivity index (χ0v) is 13.2. The van der Waals surface area contributed by atoms with Gasteiger partial charge in [-0.05, 0) is 18.6 Å². The molecule has 0 radical (unpaired) electrons. The Morgan fingerprint density at radius 2 is 2.00 bits per heavy atom. The summed E-state index contributed by atoms with van der Waals surface area (Å²) >= 11 is 3.58. The smallest absolute Gasteiger partial charge is 0.0673 e. The normalized spacial score (nSPS) is 11.2. The number of nitrogens with one attached hydrogen (secondary N) is 1. The highest BCUT2D eigenvalue weighted by Crippen LogP contribution is 2.18. The van der Waals surface area contributed by atoms with E-state index >= 15 is 0 Å². The number of rotatable bonds is 5. The van der Waals surface area contributed by atoms with Crippen molar-refractivity contribution in [2.75, 3.05) is 0 Å². The van der Waals surface area contributed by atoms with Gasteiger partial charge in [0.1, 0.15) is 0 Å². The van der Waals surface area contributed by atoms with E-state index in [1.807, 2.05) is 12.3 Å². The summed E-state index contributed by atoms with van der Waals surface area (Å²) in [6.45, 7) is 8.11. The minimum atomic E-state index is 0.492. The van der Waals surface area contributed by atoms with E-state index in [0.29, 0.717) is 6.04 Å². The Bertz CT molecular complexity index is 546. The number of hydrogen-bond donors (Lipinski definition) is 1. The van der Waals surface area contributed by atoms with Gasteiger partial charge in [-0.3, -0.25) is 4.68 Å². The average molecular weight is 322 g/mol. The van der Waals surface area contributed by atoms with Crippen LogP contribution in [0.1, 0.15) is 30.7 Å². The van der Waals surface area contributed by atoms with E-state index in [2.05, 4.69) is 70.0 Å². The number of aromatic nitrogens is 2. The second kappa shape index (κ2) is 6.35. The van der Waals surface area contributed by atoms with Crippen molar-refractivity contribution in [2.24, 2.45) is 0 Å². The lowest BCUT2D eigenvalue weighted by Gasteiger charge is -2.09. The van der Waals surface area contributed by atoms with Gasteiger partial charge in [0.2, 0.25) is 0 Å². The van der Waals surface area contributed by atoms with Crippen LogP contribution in [-0.4, -0.2) is 15.8 Å². The van der Waals surface area contributed by atoms with Crippen LogP contribution in [0.3, 0.4) is 0 Å². The van der Waals surface area contributed by atoms with Crippen molar-refractivity contribution >= 4 is 15.9 Å². The molecular formula is C15H20BrN3. The Hall–Kier alpha value is -1.13. The molecule has 1 aromatic heterocycles. The standard InChI is InChI=1S/C15H20BrN3/c1-11(2)17-8-14-9-18-19(12(14)3)10-13-6-4-5-7-15(13)16/h4-7,9,11,17H,8,10H2,1-3H3. The van der Waals surface area contributed by atoms with Gasteiger partial charge in [0.05, 0.1) is 12.7 Å². The van der Waals surface area contributed by atoms with Crippen LogP contribution < -0.4 is 5.32 Å². The number of nitrogens with zero attached hydrogens (tertiary/aromatic N) is 2. The molecule has 0 aliphatic rings. The zero-order valence-electron chi connectivity index (χ0n) is 11.7. The first-order valence-electron chi connectivity index (χ1n) is 6.56. The van der Waals surface area contributed by atoms with Crippen molar-refractivity contribution in [2.45, 2.75) is 39.9 Å². The third-order valence-electron chi connectivity index (χ3n) is 3.18. The number of benzene rings is 1. The molecule has 0 saturated heterocycles.